The molecule has 0 unspecified atom stereocenters. The van der Waals surface area contributed by atoms with Crippen molar-refractivity contribution >= 4 is 11.9 Å². The van der Waals surface area contributed by atoms with Crippen LogP contribution in [0.1, 0.15) is 42.5 Å². The first kappa shape index (κ1) is 17.1. The van der Waals surface area contributed by atoms with E-state index < -0.39 is 5.97 Å². The van der Waals surface area contributed by atoms with E-state index in [9.17, 15) is 9.59 Å². The Balaban J connectivity index is 1.43. The Labute approximate surface area is 145 Å². The maximum atomic E-state index is 12.0. The lowest BCUT2D eigenvalue weighted by molar-refractivity contribution is -0.124. The van der Waals surface area contributed by atoms with E-state index in [1.165, 1.54) is 30.3 Å². The Bertz CT molecular complexity index is 694. The number of rotatable bonds is 6. The van der Waals surface area contributed by atoms with E-state index in [-0.39, 0.29) is 12.5 Å². The summed E-state index contributed by atoms with van der Waals surface area (Å²) >= 11 is 0. The van der Waals surface area contributed by atoms with E-state index in [4.69, 9.17) is 4.74 Å². The molecule has 0 radical (unpaired) electrons. The zero-order chi connectivity index (χ0) is 17.5. The van der Waals surface area contributed by atoms with Gasteiger partial charge in [-0.1, -0.05) is 19.3 Å². The van der Waals surface area contributed by atoms with E-state index in [0.717, 1.165) is 18.5 Å². The van der Waals surface area contributed by atoms with Crippen molar-refractivity contribution in [3.8, 4) is 5.69 Å². The molecule has 0 saturated heterocycles. The van der Waals surface area contributed by atoms with Crippen molar-refractivity contribution in [1.82, 2.24) is 25.5 Å². The largest absolute Gasteiger partial charge is 0.452 e. The van der Waals surface area contributed by atoms with Crippen LogP contribution in [0.15, 0.2) is 30.6 Å². The fraction of sp³-hybridized carbons (Fsp3) is 0.471. The van der Waals surface area contributed by atoms with Crippen LogP contribution in [0.3, 0.4) is 0 Å². The molecule has 1 heterocycles. The number of amides is 1. The van der Waals surface area contributed by atoms with Crippen molar-refractivity contribution in [2.45, 2.75) is 32.1 Å². The SMILES string of the molecule is O=C(COC(=O)c1ccc(-n2cnnn2)cc1)NCC1CCCCC1. The second kappa shape index (κ2) is 8.36. The van der Waals surface area contributed by atoms with Gasteiger partial charge in [0.25, 0.3) is 5.91 Å². The highest BCUT2D eigenvalue weighted by atomic mass is 16.5. The number of esters is 1. The summed E-state index contributed by atoms with van der Waals surface area (Å²) in [6.45, 7) is 0.400. The highest BCUT2D eigenvalue weighted by Gasteiger charge is 2.15. The summed E-state index contributed by atoms with van der Waals surface area (Å²) in [6.07, 6.45) is 7.53. The Hall–Kier alpha value is -2.77. The number of carbonyl (C=O) groups excluding carboxylic acids is 2. The molecule has 1 N–H and O–H groups in total. The van der Waals surface area contributed by atoms with E-state index in [1.807, 2.05) is 0 Å². The van der Waals surface area contributed by atoms with Gasteiger partial charge in [0.2, 0.25) is 0 Å². The van der Waals surface area contributed by atoms with Gasteiger partial charge in [-0.25, -0.2) is 9.48 Å². The van der Waals surface area contributed by atoms with E-state index in [1.54, 1.807) is 24.3 Å². The standard InChI is InChI=1S/C17H21N5O3/c23-16(18-10-13-4-2-1-3-5-13)11-25-17(24)14-6-8-15(9-7-14)22-12-19-20-21-22/h6-9,12-13H,1-5,10-11H2,(H,18,23). The van der Waals surface area contributed by atoms with Crippen LogP contribution < -0.4 is 5.32 Å². The molecule has 1 aromatic heterocycles. The molecule has 1 aliphatic carbocycles. The molecule has 3 rings (SSSR count). The lowest BCUT2D eigenvalue weighted by Gasteiger charge is -2.21. The predicted octanol–water partition coefficient (Wildman–Crippen LogP) is 1.52. The molecule has 132 valence electrons. The molecule has 0 bridgehead atoms. The third kappa shape index (κ3) is 4.85. The van der Waals surface area contributed by atoms with Crippen molar-refractivity contribution in [1.29, 1.82) is 0 Å². The zero-order valence-electron chi connectivity index (χ0n) is 13.9. The number of tetrazole rings is 1. The van der Waals surface area contributed by atoms with Crippen LogP contribution >= 0.6 is 0 Å². The second-order valence-corrected chi connectivity index (χ2v) is 6.19. The van der Waals surface area contributed by atoms with E-state index in [0.29, 0.717) is 18.0 Å². The summed E-state index contributed by atoms with van der Waals surface area (Å²) in [5.74, 6) is -0.243. The second-order valence-electron chi connectivity index (χ2n) is 6.19. The van der Waals surface area contributed by atoms with Gasteiger partial charge in [-0.3, -0.25) is 4.79 Å². The maximum absolute atomic E-state index is 12.0. The molecule has 1 aliphatic rings. The molecule has 0 aliphatic heterocycles. The average molecular weight is 343 g/mol. The van der Waals surface area contributed by atoms with Gasteiger partial charge >= 0.3 is 5.97 Å². The lowest BCUT2D eigenvalue weighted by Crippen LogP contribution is -2.33. The Morgan fingerprint density at radius 3 is 2.60 bits per heavy atom. The lowest BCUT2D eigenvalue weighted by atomic mass is 9.89. The van der Waals surface area contributed by atoms with Crippen LogP contribution in [0.25, 0.3) is 5.69 Å². The average Bonchev–Trinajstić information content (AvgIpc) is 3.20. The van der Waals surface area contributed by atoms with Crippen molar-refractivity contribution in [3.63, 3.8) is 0 Å². The number of nitrogens with zero attached hydrogens (tertiary/aromatic N) is 4. The van der Waals surface area contributed by atoms with Crippen LogP contribution in [0.4, 0.5) is 0 Å². The van der Waals surface area contributed by atoms with E-state index in [2.05, 4.69) is 20.8 Å². The van der Waals surface area contributed by atoms with Crippen molar-refractivity contribution in [2.75, 3.05) is 13.2 Å². The summed E-state index contributed by atoms with van der Waals surface area (Å²) < 4.78 is 6.54. The molecule has 0 spiro atoms. The minimum atomic E-state index is -0.531. The van der Waals surface area contributed by atoms with E-state index >= 15 is 0 Å². The van der Waals surface area contributed by atoms with Crippen LogP contribution in [0.5, 0.6) is 0 Å². The quantitative estimate of drug-likeness (QED) is 0.798. The number of aromatic nitrogens is 4. The maximum Gasteiger partial charge on any atom is 0.338 e. The Morgan fingerprint density at radius 2 is 1.92 bits per heavy atom. The molecule has 1 fully saturated rings. The molecule has 2 aromatic rings. The number of hydrogen-bond acceptors (Lipinski definition) is 6. The molecule has 25 heavy (non-hydrogen) atoms. The third-order valence-electron chi connectivity index (χ3n) is 4.36. The summed E-state index contributed by atoms with van der Waals surface area (Å²) in [5, 5.41) is 13.7. The van der Waals surface area contributed by atoms with Crippen molar-refractivity contribution in [2.24, 2.45) is 5.92 Å². The van der Waals surface area contributed by atoms with Gasteiger partial charge in [0.15, 0.2) is 6.61 Å². The molecular formula is C17H21N5O3. The monoisotopic (exact) mass is 343 g/mol. The Kier molecular flexibility index (Phi) is 5.71. The molecule has 0 atom stereocenters. The molecular weight excluding hydrogens is 322 g/mol. The first-order valence-corrected chi connectivity index (χ1v) is 8.49. The number of hydrogen-bond donors (Lipinski definition) is 1. The first-order valence-electron chi connectivity index (χ1n) is 8.49. The number of carbonyl (C=O) groups is 2. The van der Waals surface area contributed by atoms with Gasteiger partial charge < -0.3 is 10.1 Å². The van der Waals surface area contributed by atoms with Crippen LogP contribution in [0.2, 0.25) is 0 Å². The number of nitrogens with one attached hydrogen (secondary N) is 1. The molecule has 8 nitrogen and oxygen atoms in total. The van der Waals surface area contributed by atoms with Gasteiger partial charge in [0, 0.05) is 6.54 Å². The molecule has 8 heteroatoms. The summed E-state index contributed by atoms with van der Waals surface area (Å²) in [6, 6.07) is 6.63. The smallest absolute Gasteiger partial charge is 0.338 e. The minimum Gasteiger partial charge on any atom is -0.452 e. The zero-order valence-corrected chi connectivity index (χ0v) is 13.9. The predicted molar refractivity (Wildman–Crippen MR) is 89.0 cm³/mol. The molecule has 1 amide bonds. The topological polar surface area (TPSA) is 99.0 Å². The molecule has 1 aromatic carbocycles. The van der Waals surface area contributed by atoms with Gasteiger partial charge in [0.05, 0.1) is 11.3 Å². The summed E-state index contributed by atoms with van der Waals surface area (Å²) in [5.41, 5.74) is 1.10. The highest BCUT2D eigenvalue weighted by Crippen LogP contribution is 2.22. The summed E-state index contributed by atoms with van der Waals surface area (Å²) in [7, 11) is 0. The fourth-order valence-electron chi connectivity index (χ4n) is 2.94. The fourth-order valence-corrected chi connectivity index (χ4v) is 2.94. The highest BCUT2D eigenvalue weighted by molar-refractivity contribution is 5.91. The van der Waals surface area contributed by atoms with Crippen LogP contribution in [-0.2, 0) is 9.53 Å². The minimum absolute atomic E-state index is 0.260. The normalized spacial score (nSPS) is 14.9. The van der Waals surface area contributed by atoms with Crippen molar-refractivity contribution in [3.05, 3.63) is 36.2 Å². The first-order chi connectivity index (χ1) is 12.2. The van der Waals surface area contributed by atoms with Crippen molar-refractivity contribution < 1.29 is 14.3 Å². The third-order valence-corrected chi connectivity index (χ3v) is 4.36. The number of ether oxygens (including phenoxy) is 1. The molecule has 1 saturated carbocycles. The van der Waals surface area contributed by atoms with Gasteiger partial charge in [-0.15, -0.1) is 5.10 Å². The van der Waals surface area contributed by atoms with Crippen LogP contribution in [-0.4, -0.2) is 45.2 Å². The van der Waals surface area contributed by atoms with Crippen LogP contribution in [0, 0.1) is 5.92 Å². The van der Waals surface area contributed by atoms with Gasteiger partial charge in [-0.05, 0) is 53.5 Å². The Morgan fingerprint density at radius 1 is 1.16 bits per heavy atom. The number of benzene rings is 1. The van der Waals surface area contributed by atoms with Gasteiger partial charge in [0.1, 0.15) is 6.33 Å². The van der Waals surface area contributed by atoms with Gasteiger partial charge in [-0.2, -0.15) is 0 Å². The summed E-state index contributed by atoms with van der Waals surface area (Å²) in [4.78, 5) is 23.8.